The zero-order valence-electron chi connectivity index (χ0n) is 17.9. The molecule has 0 aliphatic rings. The summed E-state index contributed by atoms with van der Waals surface area (Å²) in [6, 6.07) is 21.3. The van der Waals surface area contributed by atoms with Gasteiger partial charge in [-0.15, -0.1) is 0 Å². The van der Waals surface area contributed by atoms with E-state index in [1.54, 1.807) is 24.4 Å². The second-order valence-corrected chi connectivity index (χ2v) is 8.42. The lowest BCUT2D eigenvalue weighted by atomic mass is 9.86. The number of para-hydroxylation sites is 1. The maximum atomic E-state index is 12.8. The number of fused-ring (bicyclic) bond motifs is 1. The predicted molar refractivity (Wildman–Crippen MR) is 125 cm³/mol. The Kier molecular flexibility index (Phi) is 5.38. The smallest absolute Gasteiger partial charge is 0.362 e. The maximum Gasteiger partial charge on any atom is 0.362 e. The van der Waals surface area contributed by atoms with Gasteiger partial charge in [0.15, 0.2) is 0 Å². The molecule has 4 nitrogen and oxygen atoms in total. The summed E-state index contributed by atoms with van der Waals surface area (Å²) in [6.45, 7) is 10.1. The summed E-state index contributed by atoms with van der Waals surface area (Å²) in [6.07, 6.45) is 3.28. The molecule has 0 radical (unpaired) electrons. The first kappa shape index (κ1) is 20.5. The number of pyridine rings is 2. The molecule has 0 bridgehead atoms. The fourth-order valence-electron chi connectivity index (χ4n) is 3.30. The highest BCUT2D eigenvalue weighted by atomic mass is 16.5. The van der Waals surface area contributed by atoms with Crippen molar-refractivity contribution in [3.8, 4) is 17.0 Å². The van der Waals surface area contributed by atoms with Gasteiger partial charge in [0, 0.05) is 17.1 Å². The van der Waals surface area contributed by atoms with E-state index in [0.717, 1.165) is 33.3 Å². The normalized spacial score (nSPS) is 11.3. The average molecular weight is 409 g/mol. The maximum absolute atomic E-state index is 12.8. The molecule has 2 aromatic carbocycles. The lowest BCUT2D eigenvalue weighted by Crippen LogP contribution is -2.14. The molecule has 0 saturated carbocycles. The summed E-state index contributed by atoms with van der Waals surface area (Å²) in [7, 11) is 0. The lowest BCUT2D eigenvalue weighted by Gasteiger charge is -2.21. The monoisotopic (exact) mass is 408 g/mol. The number of benzene rings is 2. The van der Waals surface area contributed by atoms with Crippen LogP contribution in [0.2, 0.25) is 0 Å². The third-order valence-electron chi connectivity index (χ3n) is 5.16. The quantitative estimate of drug-likeness (QED) is 0.287. The van der Waals surface area contributed by atoms with Crippen molar-refractivity contribution in [2.75, 3.05) is 0 Å². The number of aromatic nitrogens is 2. The zero-order chi connectivity index (χ0) is 22.0. The van der Waals surface area contributed by atoms with Gasteiger partial charge < -0.3 is 4.74 Å². The molecule has 0 aliphatic heterocycles. The van der Waals surface area contributed by atoms with Crippen LogP contribution in [0.25, 0.3) is 28.2 Å². The van der Waals surface area contributed by atoms with E-state index in [1.807, 2.05) is 48.5 Å². The van der Waals surface area contributed by atoms with Gasteiger partial charge in [0.25, 0.3) is 0 Å². The van der Waals surface area contributed by atoms with E-state index in [-0.39, 0.29) is 11.1 Å². The summed E-state index contributed by atoms with van der Waals surface area (Å²) < 4.78 is 5.84. The predicted octanol–water partition coefficient (Wildman–Crippen LogP) is 6.46. The molecule has 0 unspecified atom stereocenters. The standard InChI is InChI=1S/C27H24N2O2/c1-5-18-10-14-24(28-17-18)26(30)31-25-16-20(27(2,3)4)12-13-21(25)23-15-11-19-8-6-7-9-22(19)29-23/h5-17H,1H2,2-4H3. The first-order valence-electron chi connectivity index (χ1n) is 10.2. The second kappa shape index (κ2) is 8.15. The van der Waals surface area contributed by atoms with Gasteiger partial charge >= 0.3 is 5.97 Å². The van der Waals surface area contributed by atoms with Crippen LogP contribution < -0.4 is 4.74 Å². The van der Waals surface area contributed by atoms with Crippen LogP contribution in [0.4, 0.5) is 0 Å². The number of nitrogens with zero attached hydrogens (tertiary/aromatic N) is 2. The van der Waals surface area contributed by atoms with Gasteiger partial charge in [0.2, 0.25) is 0 Å². The molecule has 4 heteroatoms. The van der Waals surface area contributed by atoms with Crippen molar-refractivity contribution in [2.45, 2.75) is 26.2 Å². The Balaban J connectivity index is 1.77. The van der Waals surface area contributed by atoms with Crippen LogP contribution in [0.3, 0.4) is 0 Å². The molecule has 4 rings (SSSR count). The molecule has 31 heavy (non-hydrogen) atoms. The van der Waals surface area contributed by atoms with Gasteiger partial charge in [-0.3, -0.25) is 0 Å². The van der Waals surface area contributed by atoms with E-state index in [0.29, 0.717) is 5.75 Å². The molecule has 0 aliphatic carbocycles. The molecule has 0 spiro atoms. The number of carbonyl (C=O) groups is 1. The Hall–Kier alpha value is -3.79. The van der Waals surface area contributed by atoms with Gasteiger partial charge in [-0.25, -0.2) is 14.8 Å². The minimum atomic E-state index is -0.510. The van der Waals surface area contributed by atoms with Gasteiger partial charge in [-0.05, 0) is 46.9 Å². The minimum Gasteiger partial charge on any atom is -0.421 e. The summed E-state index contributed by atoms with van der Waals surface area (Å²) in [5.74, 6) is -0.0430. The molecule has 0 amide bonds. The lowest BCUT2D eigenvalue weighted by molar-refractivity contribution is 0.0729. The van der Waals surface area contributed by atoms with Crippen molar-refractivity contribution in [1.82, 2.24) is 9.97 Å². The Bertz CT molecular complexity index is 1270. The molecule has 2 heterocycles. The Morgan fingerprint density at radius 3 is 2.52 bits per heavy atom. The highest BCUT2D eigenvalue weighted by molar-refractivity contribution is 5.91. The van der Waals surface area contributed by atoms with Crippen molar-refractivity contribution in [3.05, 3.63) is 96.3 Å². The van der Waals surface area contributed by atoms with Crippen molar-refractivity contribution in [1.29, 1.82) is 0 Å². The zero-order valence-corrected chi connectivity index (χ0v) is 17.9. The molecular formula is C27H24N2O2. The molecule has 154 valence electrons. The highest BCUT2D eigenvalue weighted by Crippen LogP contribution is 2.35. The van der Waals surface area contributed by atoms with Crippen LogP contribution in [-0.4, -0.2) is 15.9 Å². The Morgan fingerprint density at radius 1 is 1.00 bits per heavy atom. The number of carbonyl (C=O) groups excluding carboxylic acids is 1. The van der Waals surface area contributed by atoms with Gasteiger partial charge in [0.05, 0.1) is 11.2 Å². The van der Waals surface area contributed by atoms with E-state index in [1.165, 1.54) is 0 Å². The Labute approximate surface area is 182 Å². The Morgan fingerprint density at radius 2 is 1.81 bits per heavy atom. The third-order valence-corrected chi connectivity index (χ3v) is 5.16. The van der Waals surface area contributed by atoms with E-state index in [4.69, 9.17) is 9.72 Å². The van der Waals surface area contributed by atoms with Crippen molar-refractivity contribution in [3.63, 3.8) is 0 Å². The van der Waals surface area contributed by atoms with Crippen LogP contribution >= 0.6 is 0 Å². The van der Waals surface area contributed by atoms with Crippen LogP contribution in [0, 0.1) is 0 Å². The molecular weight excluding hydrogens is 384 g/mol. The summed E-state index contributed by atoms with van der Waals surface area (Å²) in [5, 5.41) is 1.06. The summed E-state index contributed by atoms with van der Waals surface area (Å²) in [4.78, 5) is 21.8. The third kappa shape index (κ3) is 4.38. The molecule has 0 N–H and O–H groups in total. The molecule has 0 saturated heterocycles. The summed E-state index contributed by atoms with van der Waals surface area (Å²) in [5.41, 5.74) is 4.44. The number of hydrogen-bond donors (Lipinski definition) is 0. The summed E-state index contributed by atoms with van der Waals surface area (Å²) >= 11 is 0. The van der Waals surface area contributed by atoms with Crippen molar-refractivity contribution >= 4 is 22.9 Å². The van der Waals surface area contributed by atoms with Crippen LogP contribution in [-0.2, 0) is 5.41 Å². The number of esters is 1. The topological polar surface area (TPSA) is 52.1 Å². The van der Waals surface area contributed by atoms with Gasteiger partial charge in [-0.2, -0.15) is 0 Å². The largest absolute Gasteiger partial charge is 0.421 e. The number of ether oxygens (including phenoxy) is 1. The molecule has 0 atom stereocenters. The van der Waals surface area contributed by atoms with Crippen LogP contribution in [0.15, 0.2) is 79.5 Å². The fraction of sp³-hybridized carbons (Fsp3) is 0.148. The van der Waals surface area contributed by atoms with Gasteiger partial charge in [0.1, 0.15) is 11.4 Å². The van der Waals surface area contributed by atoms with E-state index < -0.39 is 5.97 Å². The molecule has 4 aromatic rings. The van der Waals surface area contributed by atoms with E-state index >= 15 is 0 Å². The van der Waals surface area contributed by atoms with E-state index in [2.05, 4.69) is 38.4 Å². The second-order valence-electron chi connectivity index (χ2n) is 8.42. The number of hydrogen-bond acceptors (Lipinski definition) is 4. The van der Waals surface area contributed by atoms with Gasteiger partial charge in [-0.1, -0.05) is 69.8 Å². The average Bonchev–Trinajstić information content (AvgIpc) is 2.78. The highest BCUT2D eigenvalue weighted by Gasteiger charge is 2.20. The van der Waals surface area contributed by atoms with Crippen LogP contribution in [0.1, 0.15) is 42.4 Å². The van der Waals surface area contributed by atoms with Crippen molar-refractivity contribution in [2.24, 2.45) is 0 Å². The van der Waals surface area contributed by atoms with Crippen molar-refractivity contribution < 1.29 is 9.53 Å². The number of rotatable bonds is 4. The SMILES string of the molecule is C=Cc1ccc(C(=O)Oc2cc(C(C)(C)C)ccc2-c2ccc3ccccc3n2)nc1. The van der Waals surface area contributed by atoms with E-state index in [9.17, 15) is 4.79 Å². The molecule has 2 aromatic heterocycles. The minimum absolute atomic E-state index is 0.0969. The molecule has 0 fully saturated rings. The first-order valence-corrected chi connectivity index (χ1v) is 10.2. The fourth-order valence-corrected chi connectivity index (χ4v) is 3.30. The first-order chi connectivity index (χ1) is 14.8. The van der Waals surface area contributed by atoms with Crippen LogP contribution in [0.5, 0.6) is 5.75 Å².